The van der Waals surface area contributed by atoms with Crippen molar-refractivity contribution < 1.29 is 0 Å². The van der Waals surface area contributed by atoms with E-state index >= 15 is 0 Å². The summed E-state index contributed by atoms with van der Waals surface area (Å²) in [6.07, 6.45) is 1.05. The molecule has 0 fully saturated rings. The smallest absolute Gasteiger partial charge is 0.0671 e. The van der Waals surface area contributed by atoms with E-state index in [1.54, 1.807) is 0 Å². The summed E-state index contributed by atoms with van der Waals surface area (Å²) in [7, 11) is 0. The van der Waals surface area contributed by atoms with Gasteiger partial charge in [-0.05, 0) is 54.2 Å². The summed E-state index contributed by atoms with van der Waals surface area (Å²) in [5.41, 5.74) is 6.31. The van der Waals surface area contributed by atoms with Crippen LogP contribution >= 0.6 is 23.2 Å². The van der Waals surface area contributed by atoms with E-state index in [-0.39, 0.29) is 5.38 Å². The second-order valence-electron chi connectivity index (χ2n) is 5.37. The quantitative estimate of drug-likeness (QED) is 0.634. The number of halogens is 2. The van der Waals surface area contributed by atoms with Gasteiger partial charge in [0.05, 0.1) is 5.38 Å². The fraction of sp³-hybridized carbons (Fsp3) is 0.294. The minimum Gasteiger partial charge on any atom is -0.117 e. The summed E-state index contributed by atoms with van der Waals surface area (Å²) >= 11 is 13.0. The van der Waals surface area contributed by atoms with Crippen molar-refractivity contribution in [1.29, 1.82) is 0 Å². The summed E-state index contributed by atoms with van der Waals surface area (Å²) < 4.78 is 0. The van der Waals surface area contributed by atoms with Gasteiger partial charge < -0.3 is 0 Å². The van der Waals surface area contributed by atoms with Crippen LogP contribution in [-0.2, 0) is 6.42 Å². The third kappa shape index (κ3) is 2.17. The van der Waals surface area contributed by atoms with E-state index < -0.39 is 0 Å². The van der Waals surface area contributed by atoms with Gasteiger partial charge in [-0.2, -0.15) is 0 Å². The van der Waals surface area contributed by atoms with Crippen molar-refractivity contribution in [3.8, 4) is 0 Å². The lowest BCUT2D eigenvalue weighted by molar-refractivity contribution is 0.587. The molecule has 0 aromatic heterocycles. The fourth-order valence-corrected chi connectivity index (χ4v) is 3.59. The largest absolute Gasteiger partial charge is 0.117 e. The molecule has 0 heterocycles. The van der Waals surface area contributed by atoms with E-state index in [9.17, 15) is 0 Å². The fourth-order valence-electron chi connectivity index (χ4n) is 2.79. The second kappa shape index (κ2) is 4.85. The molecule has 2 aromatic carbocycles. The molecule has 0 radical (unpaired) electrons. The monoisotopic (exact) mass is 290 g/mol. The molecule has 0 amide bonds. The van der Waals surface area contributed by atoms with Crippen molar-refractivity contribution in [2.75, 3.05) is 0 Å². The Hall–Kier alpha value is -0.980. The van der Waals surface area contributed by atoms with Crippen molar-refractivity contribution in [1.82, 2.24) is 0 Å². The maximum Gasteiger partial charge on any atom is 0.0671 e. The molecule has 0 saturated heterocycles. The van der Waals surface area contributed by atoms with Gasteiger partial charge in [-0.1, -0.05) is 41.9 Å². The van der Waals surface area contributed by atoms with E-state index in [1.165, 1.54) is 22.3 Å². The lowest BCUT2D eigenvalue weighted by Gasteiger charge is -2.34. The average Bonchev–Trinajstić information content (AvgIpc) is 2.35. The molecule has 2 heteroatoms. The molecule has 2 aromatic rings. The van der Waals surface area contributed by atoms with Gasteiger partial charge >= 0.3 is 0 Å². The van der Waals surface area contributed by atoms with Gasteiger partial charge in [0.25, 0.3) is 0 Å². The van der Waals surface area contributed by atoms with Gasteiger partial charge in [0.2, 0.25) is 0 Å². The molecular formula is C17H16Cl2. The molecular weight excluding hydrogens is 275 g/mol. The highest BCUT2D eigenvalue weighted by Gasteiger charge is 2.33. The van der Waals surface area contributed by atoms with Crippen LogP contribution < -0.4 is 0 Å². The highest BCUT2D eigenvalue weighted by Crippen LogP contribution is 2.48. The molecule has 0 spiro atoms. The molecule has 0 nitrogen and oxygen atoms in total. The minimum atomic E-state index is -0.0401. The van der Waals surface area contributed by atoms with Crippen LogP contribution in [0.2, 0.25) is 5.02 Å². The molecule has 1 aliphatic carbocycles. The summed E-state index contributed by atoms with van der Waals surface area (Å²) in [6, 6.07) is 12.7. The first-order valence-electron chi connectivity index (χ1n) is 6.56. The highest BCUT2D eigenvalue weighted by molar-refractivity contribution is 6.33. The van der Waals surface area contributed by atoms with Crippen molar-refractivity contribution in [2.24, 2.45) is 0 Å². The second-order valence-corrected chi connectivity index (χ2v) is 6.25. The van der Waals surface area contributed by atoms with Crippen LogP contribution in [0.25, 0.3) is 0 Å². The van der Waals surface area contributed by atoms with Gasteiger partial charge in [0.1, 0.15) is 0 Å². The molecule has 3 rings (SSSR count). The first-order chi connectivity index (χ1) is 9.08. The molecule has 19 heavy (non-hydrogen) atoms. The topological polar surface area (TPSA) is 0 Å². The maximum absolute atomic E-state index is 6.68. The van der Waals surface area contributed by atoms with Crippen molar-refractivity contribution in [3.05, 3.63) is 69.2 Å². The van der Waals surface area contributed by atoms with Crippen LogP contribution in [0.15, 0.2) is 36.4 Å². The number of alkyl halides is 1. The first-order valence-corrected chi connectivity index (χ1v) is 7.38. The predicted octanol–water partition coefficient (Wildman–Crippen LogP) is 5.58. The van der Waals surface area contributed by atoms with Gasteiger partial charge in [0.15, 0.2) is 0 Å². The summed E-state index contributed by atoms with van der Waals surface area (Å²) in [4.78, 5) is 0. The van der Waals surface area contributed by atoms with Gasteiger partial charge in [0, 0.05) is 10.9 Å². The van der Waals surface area contributed by atoms with Crippen molar-refractivity contribution >= 4 is 23.2 Å². The number of hydrogen-bond acceptors (Lipinski definition) is 0. The zero-order valence-electron chi connectivity index (χ0n) is 11.1. The summed E-state index contributed by atoms with van der Waals surface area (Å²) in [6.45, 7) is 4.18. The number of aryl methyl sites for hydroxylation is 2. The van der Waals surface area contributed by atoms with Crippen LogP contribution in [0.5, 0.6) is 0 Å². The van der Waals surface area contributed by atoms with Gasteiger partial charge in [-0.15, -0.1) is 11.6 Å². The average molecular weight is 291 g/mol. The zero-order chi connectivity index (χ0) is 13.6. The van der Waals surface area contributed by atoms with Crippen LogP contribution in [0.1, 0.15) is 39.1 Å². The number of hydrogen-bond donors (Lipinski definition) is 0. The lowest BCUT2D eigenvalue weighted by Crippen LogP contribution is -2.21. The number of rotatable bonds is 2. The Labute approximate surface area is 124 Å². The zero-order valence-corrected chi connectivity index (χ0v) is 12.6. The van der Waals surface area contributed by atoms with E-state index in [2.05, 4.69) is 44.2 Å². The third-order valence-corrected chi connectivity index (χ3v) is 5.02. The molecule has 0 bridgehead atoms. The van der Waals surface area contributed by atoms with E-state index in [0.717, 1.165) is 17.0 Å². The molecule has 0 N–H and O–H groups in total. The van der Waals surface area contributed by atoms with E-state index in [1.807, 2.05) is 6.07 Å². The van der Waals surface area contributed by atoms with Crippen LogP contribution in [0.4, 0.5) is 0 Å². The SMILES string of the molecule is Cc1cc(Cl)c(C(Cl)C2Cc3ccccc32)cc1C. The number of fused-ring (bicyclic) bond motifs is 1. The van der Waals surface area contributed by atoms with Crippen LogP contribution in [0, 0.1) is 13.8 Å². The van der Waals surface area contributed by atoms with Gasteiger partial charge in [-0.25, -0.2) is 0 Å². The minimum absolute atomic E-state index is 0.0401. The van der Waals surface area contributed by atoms with E-state index in [0.29, 0.717) is 5.92 Å². The first kappa shape index (κ1) is 13.0. The normalized spacial score (nSPS) is 18.6. The van der Waals surface area contributed by atoms with Crippen molar-refractivity contribution in [2.45, 2.75) is 31.6 Å². The van der Waals surface area contributed by atoms with Crippen LogP contribution in [-0.4, -0.2) is 0 Å². The Morgan fingerprint density at radius 2 is 1.79 bits per heavy atom. The molecule has 2 unspecified atom stereocenters. The Morgan fingerprint density at radius 1 is 1.11 bits per heavy atom. The van der Waals surface area contributed by atoms with E-state index in [4.69, 9.17) is 23.2 Å². The molecule has 0 saturated carbocycles. The standard InChI is InChI=1S/C17H16Cl2/c1-10-7-15(16(18)8-11(10)2)17(19)14-9-12-5-3-4-6-13(12)14/h3-8,14,17H,9H2,1-2H3. The highest BCUT2D eigenvalue weighted by atomic mass is 35.5. The lowest BCUT2D eigenvalue weighted by atomic mass is 9.74. The molecule has 98 valence electrons. The molecule has 1 aliphatic rings. The predicted molar refractivity (Wildman–Crippen MR) is 82.4 cm³/mol. The Morgan fingerprint density at radius 3 is 2.53 bits per heavy atom. The van der Waals surface area contributed by atoms with Gasteiger partial charge in [-0.3, -0.25) is 0 Å². The molecule has 2 atom stereocenters. The Bertz CT molecular complexity index is 631. The summed E-state index contributed by atoms with van der Waals surface area (Å²) in [5.74, 6) is 0.387. The third-order valence-electron chi connectivity index (χ3n) is 4.16. The van der Waals surface area contributed by atoms with Crippen molar-refractivity contribution in [3.63, 3.8) is 0 Å². The maximum atomic E-state index is 6.68. The Kier molecular flexibility index (Phi) is 3.32. The summed E-state index contributed by atoms with van der Waals surface area (Å²) in [5, 5.41) is 0.745. The Balaban J connectivity index is 1.94. The molecule has 0 aliphatic heterocycles. The number of benzene rings is 2. The van der Waals surface area contributed by atoms with Crippen LogP contribution in [0.3, 0.4) is 0 Å².